The number of carbonyl (C=O) groups is 2. The van der Waals surface area contributed by atoms with Crippen molar-refractivity contribution in [1.29, 1.82) is 0 Å². The smallest absolute Gasteiger partial charge is 0.306 e. The first-order valence-electron chi connectivity index (χ1n) is 10.0. The van der Waals surface area contributed by atoms with E-state index in [1.54, 1.807) is 72.8 Å². The summed E-state index contributed by atoms with van der Waals surface area (Å²) in [4.78, 5) is 28.8. The van der Waals surface area contributed by atoms with Crippen LogP contribution in [-0.4, -0.2) is 26.5 Å². The van der Waals surface area contributed by atoms with Gasteiger partial charge in [0.25, 0.3) is 11.8 Å². The predicted octanol–water partition coefficient (Wildman–Crippen LogP) is 4.38. The van der Waals surface area contributed by atoms with E-state index in [9.17, 15) is 18.0 Å². The van der Waals surface area contributed by atoms with Crippen LogP contribution in [0.1, 0.15) is 11.1 Å². The number of carbonyl (C=O) groups excluding carboxylic acids is 2. The SMILES string of the molecule is CS(=O)(=O)OC1=C(c2ccccc2)C2(NC1=O)C(=O)N(c1cccc(Cl)c1)c1cc(Cl)ccc12. The van der Waals surface area contributed by atoms with Crippen LogP contribution in [-0.2, 0) is 29.4 Å². The third-order valence-corrected chi connectivity index (χ3v) is 6.54. The van der Waals surface area contributed by atoms with Gasteiger partial charge in [-0.25, -0.2) is 0 Å². The first-order valence-corrected chi connectivity index (χ1v) is 12.6. The number of fused-ring (bicyclic) bond motifs is 2. The summed E-state index contributed by atoms with van der Waals surface area (Å²) in [5.74, 6) is -1.83. The average molecular weight is 515 g/mol. The highest BCUT2D eigenvalue weighted by Gasteiger charge is 2.61. The van der Waals surface area contributed by atoms with Gasteiger partial charge in [0.1, 0.15) is 0 Å². The fourth-order valence-electron chi connectivity index (χ4n) is 4.39. The Bertz CT molecular complexity index is 1500. The van der Waals surface area contributed by atoms with Gasteiger partial charge in [0, 0.05) is 21.2 Å². The zero-order valence-corrected chi connectivity index (χ0v) is 19.9. The van der Waals surface area contributed by atoms with Crippen LogP contribution in [0, 0.1) is 0 Å². The number of halogens is 2. The molecule has 0 saturated carbocycles. The van der Waals surface area contributed by atoms with Crippen LogP contribution in [0.3, 0.4) is 0 Å². The predicted molar refractivity (Wildman–Crippen MR) is 129 cm³/mol. The van der Waals surface area contributed by atoms with Crippen LogP contribution in [0.15, 0.2) is 78.6 Å². The summed E-state index contributed by atoms with van der Waals surface area (Å²) in [6.07, 6.45) is 0.837. The van der Waals surface area contributed by atoms with Crippen LogP contribution in [0.5, 0.6) is 0 Å². The first-order chi connectivity index (χ1) is 16.1. The van der Waals surface area contributed by atoms with Crippen LogP contribution < -0.4 is 10.2 Å². The van der Waals surface area contributed by atoms with E-state index in [-0.39, 0.29) is 5.57 Å². The fraction of sp³-hybridized carbons (Fsp3) is 0.0833. The summed E-state index contributed by atoms with van der Waals surface area (Å²) in [7, 11) is -4.08. The van der Waals surface area contributed by atoms with Crippen molar-refractivity contribution in [2.75, 3.05) is 11.2 Å². The van der Waals surface area contributed by atoms with Crippen LogP contribution in [0.2, 0.25) is 10.0 Å². The molecule has 10 heteroatoms. The molecule has 0 aromatic heterocycles. The minimum Gasteiger partial charge on any atom is -0.376 e. The first kappa shape index (κ1) is 22.5. The van der Waals surface area contributed by atoms with Crippen LogP contribution >= 0.6 is 23.2 Å². The van der Waals surface area contributed by atoms with Gasteiger partial charge in [0.15, 0.2) is 5.54 Å². The third kappa shape index (κ3) is 3.46. The summed E-state index contributed by atoms with van der Waals surface area (Å²) in [6.45, 7) is 0. The van der Waals surface area contributed by atoms with Gasteiger partial charge in [-0.1, -0.05) is 65.7 Å². The Hall–Kier alpha value is -3.33. The van der Waals surface area contributed by atoms with E-state index in [0.717, 1.165) is 6.26 Å². The molecule has 172 valence electrons. The van der Waals surface area contributed by atoms with E-state index >= 15 is 0 Å². The van der Waals surface area contributed by atoms with Gasteiger partial charge in [0.2, 0.25) is 5.76 Å². The second-order valence-corrected chi connectivity index (χ2v) is 10.3. The maximum atomic E-state index is 14.2. The zero-order chi connectivity index (χ0) is 24.3. The fourth-order valence-corrected chi connectivity index (χ4v) is 5.20. The molecule has 7 nitrogen and oxygen atoms in total. The molecule has 2 aliphatic rings. The average Bonchev–Trinajstić information content (AvgIpc) is 3.18. The van der Waals surface area contributed by atoms with Gasteiger partial charge < -0.3 is 9.50 Å². The van der Waals surface area contributed by atoms with Gasteiger partial charge in [-0.3, -0.25) is 14.5 Å². The van der Waals surface area contributed by atoms with Crippen molar-refractivity contribution in [3.63, 3.8) is 0 Å². The maximum Gasteiger partial charge on any atom is 0.306 e. The number of anilines is 2. The van der Waals surface area contributed by atoms with Crippen molar-refractivity contribution in [3.05, 3.63) is 99.7 Å². The van der Waals surface area contributed by atoms with Crippen molar-refractivity contribution in [3.8, 4) is 0 Å². The highest BCUT2D eigenvalue weighted by molar-refractivity contribution is 7.86. The molecule has 2 heterocycles. The second-order valence-electron chi connectivity index (χ2n) is 7.84. The normalized spacial score (nSPS) is 19.6. The monoisotopic (exact) mass is 514 g/mol. The number of rotatable bonds is 4. The van der Waals surface area contributed by atoms with E-state index in [4.69, 9.17) is 27.4 Å². The number of hydrogen-bond acceptors (Lipinski definition) is 5. The molecule has 1 N–H and O–H groups in total. The molecule has 0 bridgehead atoms. The Morgan fingerprint density at radius 3 is 2.29 bits per heavy atom. The van der Waals surface area contributed by atoms with E-state index in [1.165, 1.54) is 4.90 Å². The molecular weight excluding hydrogens is 499 g/mol. The van der Waals surface area contributed by atoms with Crippen LogP contribution in [0.25, 0.3) is 5.57 Å². The number of nitrogens with zero attached hydrogens (tertiary/aromatic N) is 1. The van der Waals surface area contributed by atoms with Gasteiger partial charge in [0.05, 0.1) is 17.6 Å². The van der Waals surface area contributed by atoms with Gasteiger partial charge >= 0.3 is 10.1 Å². The summed E-state index contributed by atoms with van der Waals surface area (Å²) < 4.78 is 29.2. The molecule has 0 radical (unpaired) electrons. The molecule has 3 aromatic carbocycles. The van der Waals surface area contributed by atoms with E-state index in [1.807, 2.05) is 0 Å². The Balaban J connectivity index is 1.84. The third-order valence-electron chi connectivity index (χ3n) is 5.60. The van der Waals surface area contributed by atoms with Gasteiger partial charge in [-0.05, 0) is 35.9 Å². The van der Waals surface area contributed by atoms with Crippen LogP contribution in [0.4, 0.5) is 11.4 Å². The molecule has 1 atom stereocenters. The topological polar surface area (TPSA) is 92.8 Å². The van der Waals surface area contributed by atoms with E-state index in [0.29, 0.717) is 32.5 Å². The Labute approximate surface area is 205 Å². The van der Waals surface area contributed by atoms with Crippen molar-refractivity contribution in [2.24, 2.45) is 0 Å². The highest BCUT2D eigenvalue weighted by Crippen LogP contribution is 2.54. The molecule has 0 saturated heterocycles. The van der Waals surface area contributed by atoms with Gasteiger partial charge in [-0.2, -0.15) is 8.42 Å². The lowest BCUT2D eigenvalue weighted by Gasteiger charge is -2.27. The molecule has 2 aliphatic heterocycles. The minimum absolute atomic E-state index is 0.0987. The maximum absolute atomic E-state index is 14.2. The number of benzene rings is 3. The molecule has 3 aromatic rings. The quantitative estimate of drug-likeness (QED) is 0.521. The second kappa shape index (κ2) is 7.87. The Kier molecular flexibility index (Phi) is 5.20. The minimum atomic E-state index is -4.08. The molecule has 0 fully saturated rings. The molecular formula is C24H16Cl2N2O5S. The molecule has 2 amide bonds. The van der Waals surface area contributed by atoms with E-state index in [2.05, 4.69) is 5.32 Å². The lowest BCUT2D eigenvalue weighted by Crippen LogP contribution is -2.49. The van der Waals surface area contributed by atoms with Crippen molar-refractivity contribution >= 4 is 62.1 Å². The molecule has 5 rings (SSSR count). The molecule has 1 spiro atoms. The number of nitrogens with one attached hydrogen (secondary N) is 1. The Morgan fingerprint density at radius 2 is 1.62 bits per heavy atom. The zero-order valence-electron chi connectivity index (χ0n) is 17.6. The summed E-state index contributed by atoms with van der Waals surface area (Å²) in [5.41, 5.74) is 0.0939. The van der Waals surface area contributed by atoms with Crippen molar-refractivity contribution < 1.29 is 22.2 Å². The Morgan fingerprint density at radius 1 is 0.912 bits per heavy atom. The van der Waals surface area contributed by atoms with Crippen molar-refractivity contribution in [2.45, 2.75) is 5.54 Å². The number of amides is 2. The van der Waals surface area contributed by atoms with E-state index < -0.39 is 33.2 Å². The standard InChI is InChI=1S/C24H16Cl2N2O5S/c1-34(31,32)33-21-20(14-6-3-2-4-7-14)24(27-22(21)29)18-11-10-16(26)13-19(18)28(23(24)30)17-9-5-8-15(25)12-17/h2-13H,1H3,(H,27,29). The summed E-state index contributed by atoms with van der Waals surface area (Å²) in [5, 5.41) is 3.50. The molecule has 1 unspecified atom stereocenters. The molecule has 0 aliphatic carbocycles. The van der Waals surface area contributed by atoms with Crippen molar-refractivity contribution in [1.82, 2.24) is 5.32 Å². The molecule has 34 heavy (non-hydrogen) atoms. The highest BCUT2D eigenvalue weighted by atomic mass is 35.5. The lowest BCUT2D eigenvalue weighted by atomic mass is 9.81. The lowest BCUT2D eigenvalue weighted by molar-refractivity contribution is -0.126. The summed E-state index contributed by atoms with van der Waals surface area (Å²) in [6, 6.07) is 20.1. The summed E-state index contributed by atoms with van der Waals surface area (Å²) >= 11 is 12.5. The van der Waals surface area contributed by atoms with Gasteiger partial charge in [-0.15, -0.1) is 0 Å². The number of hydrogen-bond donors (Lipinski definition) is 1. The largest absolute Gasteiger partial charge is 0.376 e.